The number of nitrogens with one attached hydrogen (secondary N) is 1. The second-order valence-electron chi connectivity index (χ2n) is 4.64. The summed E-state index contributed by atoms with van der Waals surface area (Å²) in [6.45, 7) is 4.45. The molecular formula is C11H15F3N2O. The number of anilines is 1. The largest absolute Gasteiger partial charge is 0.468 e. The van der Waals surface area contributed by atoms with Gasteiger partial charge in [-0.3, -0.25) is 0 Å². The van der Waals surface area contributed by atoms with Crippen LogP contribution in [0.2, 0.25) is 0 Å². The number of nitrogens with zero attached hydrogens (tertiary/aromatic N) is 1. The molecule has 1 N–H and O–H groups in total. The van der Waals surface area contributed by atoms with Crippen molar-refractivity contribution in [1.29, 1.82) is 0 Å². The molecule has 3 nitrogen and oxygen atoms in total. The third kappa shape index (κ3) is 5.99. The standard InChI is InChI=1S/C11H15F3N2O/c1-10(2,3)16-8-5-4-6-9(15-8)17-7-11(12,13)14/h4-6H,7H2,1-3H3,(H,15,16). The summed E-state index contributed by atoms with van der Waals surface area (Å²) in [4.78, 5) is 3.93. The maximum atomic E-state index is 11.9. The van der Waals surface area contributed by atoms with Crippen LogP contribution in [0.15, 0.2) is 18.2 Å². The Morgan fingerprint density at radius 2 is 1.88 bits per heavy atom. The molecule has 0 unspecified atom stereocenters. The highest BCUT2D eigenvalue weighted by Gasteiger charge is 2.28. The Morgan fingerprint density at radius 3 is 2.41 bits per heavy atom. The predicted molar refractivity (Wildman–Crippen MR) is 59.2 cm³/mol. The number of hydrogen-bond acceptors (Lipinski definition) is 3. The first-order valence-corrected chi connectivity index (χ1v) is 5.10. The van der Waals surface area contributed by atoms with Crippen LogP contribution in [0.3, 0.4) is 0 Å². The van der Waals surface area contributed by atoms with Crippen LogP contribution < -0.4 is 10.1 Å². The van der Waals surface area contributed by atoms with Crippen molar-refractivity contribution in [3.63, 3.8) is 0 Å². The number of alkyl halides is 3. The molecule has 17 heavy (non-hydrogen) atoms. The summed E-state index contributed by atoms with van der Waals surface area (Å²) in [6, 6.07) is 4.65. The van der Waals surface area contributed by atoms with E-state index >= 15 is 0 Å². The Labute approximate surface area is 98.0 Å². The van der Waals surface area contributed by atoms with E-state index in [4.69, 9.17) is 0 Å². The summed E-state index contributed by atoms with van der Waals surface area (Å²) in [6.07, 6.45) is -4.35. The van der Waals surface area contributed by atoms with Crippen molar-refractivity contribution < 1.29 is 17.9 Å². The first-order chi connectivity index (χ1) is 7.66. The molecule has 6 heteroatoms. The van der Waals surface area contributed by atoms with Gasteiger partial charge in [0.1, 0.15) is 5.82 Å². The molecule has 96 valence electrons. The molecule has 0 saturated carbocycles. The minimum absolute atomic E-state index is 0.0448. The lowest BCUT2D eigenvalue weighted by Gasteiger charge is -2.21. The smallest absolute Gasteiger partial charge is 0.422 e. The first-order valence-electron chi connectivity index (χ1n) is 5.10. The zero-order valence-corrected chi connectivity index (χ0v) is 9.93. The Bertz CT molecular complexity index is 372. The van der Waals surface area contributed by atoms with E-state index < -0.39 is 12.8 Å². The van der Waals surface area contributed by atoms with E-state index in [9.17, 15) is 13.2 Å². The maximum Gasteiger partial charge on any atom is 0.422 e. The van der Waals surface area contributed by atoms with Crippen molar-refractivity contribution in [2.75, 3.05) is 11.9 Å². The molecule has 0 radical (unpaired) electrons. The van der Waals surface area contributed by atoms with Gasteiger partial charge in [-0.15, -0.1) is 0 Å². The quantitative estimate of drug-likeness (QED) is 0.891. The second kappa shape index (κ2) is 4.81. The summed E-state index contributed by atoms with van der Waals surface area (Å²) in [5.41, 5.74) is -0.213. The first kappa shape index (κ1) is 13.6. The van der Waals surface area contributed by atoms with E-state index in [-0.39, 0.29) is 11.4 Å². The third-order valence-corrected chi connectivity index (χ3v) is 1.61. The zero-order valence-electron chi connectivity index (χ0n) is 9.93. The van der Waals surface area contributed by atoms with Crippen molar-refractivity contribution in [3.05, 3.63) is 18.2 Å². The van der Waals surface area contributed by atoms with E-state index in [1.165, 1.54) is 6.07 Å². The highest BCUT2D eigenvalue weighted by molar-refractivity contribution is 5.39. The molecular weight excluding hydrogens is 233 g/mol. The summed E-state index contributed by atoms with van der Waals surface area (Å²) in [7, 11) is 0. The van der Waals surface area contributed by atoms with Crippen LogP contribution in [0.5, 0.6) is 5.88 Å². The van der Waals surface area contributed by atoms with Crippen LogP contribution in [-0.2, 0) is 0 Å². The highest BCUT2D eigenvalue weighted by Crippen LogP contribution is 2.19. The van der Waals surface area contributed by atoms with E-state index in [1.54, 1.807) is 12.1 Å². The number of aromatic nitrogens is 1. The minimum atomic E-state index is -4.35. The molecule has 1 heterocycles. The summed E-state index contributed by atoms with van der Waals surface area (Å²) >= 11 is 0. The topological polar surface area (TPSA) is 34.1 Å². The van der Waals surface area contributed by atoms with Crippen LogP contribution >= 0.6 is 0 Å². The van der Waals surface area contributed by atoms with Crippen molar-refractivity contribution >= 4 is 5.82 Å². The normalized spacial score (nSPS) is 12.4. The highest BCUT2D eigenvalue weighted by atomic mass is 19.4. The van der Waals surface area contributed by atoms with Gasteiger partial charge in [-0.2, -0.15) is 18.2 Å². The van der Waals surface area contributed by atoms with Gasteiger partial charge in [-0.25, -0.2) is 0 Å². The Hall–Kier alpha value is -1.46. The van der Waals surface area contributed by atoms with Crippen LogP contribution in [0.4, 0.5) is 19.0 Å². The van der Waals surface area contributed by atoms with Crippen molar-refractivity contribution in [1.82, 2.24) is 4.98 Å². The number of hydrogen-bond donors (Lipinski definition) is 1. The fraction of sp³-hybridized carbons (Fsp3) is 0.545. The van der Waals surface area contributed by atoms with Gasteiger partial charge in [0.25, 0.3) is 0 Å². The van der Waals surface area contributed by atoms with Gasteiger partial charge in [-0.1, -0.05) is 6.07 Å². The fourth-order valence-corrected chi connectivity index (χ4v) is 1.10. The van der Waals surface area contributed by atoms with E-state index in [0.29, 0.717) is 5.82 Å². The van der Waals surface area contributed by atoms with Crippen LogP contribution in [-0.4, -0.2) is 23.3 Å². The van der Waals surface area contributed by atoms with E-state index in [2.05, 4.69) is 15.0 Å². The SMILES string of the molecule is CC(C)(C)Nc1cccc(OCC(F)(F)F)n1. The van der Waals surface area contributed by atoms with Gasteiger partial charge in [0.05, 0.1) is 0 Å². The van der Waals surface area contributed by atoms with Gasteiger partial charge < -0.3 is 10.1 Å². The minimum Gasteiger partial charge on any atom is -0.468 e. The average Bonchev–Trinajstić information content (AvgIpc) is 2.11. The molecule has 0 aliphatic carbocycles. The Morgan fingerprint density at radius 1 is 1.24 bits per heavy atom. The summed E-state index contributed by atoms with van der Waals surface area (Å²) in [5.74, 6) is 0.439. The van der Waals surface area contributed by atoms with Crippen LogP contribution in [0.1, 0.15) is 20.8 Å². The lowest BCUT2D eigenvalue weighted by molar-refractivity contribution is -0.154. The van der Waals surface area contributed by atoms with Gasteiger partial charge in [0, 0.05) is 11.6 Å². The third-order valence-electron chi connectivity index (χ3n) is 1.61. The summed E-state index contributed by atoms with van der Waals surface area (Å²) < 4.78 is 40.4. The molecule has 0 aromatic carbocycles. The van der Waals surface area contributed by atoms with E-state index in [0.717, 1.165) is 0 Å². The fourth-order valence-electron chi connectivity index (χ4n) is 1.10. The van der Waals surface area contributed by atoms with Gasteiger partial charge in [0.2, 0.25) is 5.88 Å². The number of rotatable bonds is 3. The monoisotopic (exact) mass is 248 g/mol. The van der Waals surface area contributed by atoms with Gasteiger partial charge in [-0.05, 0) is 26.8 Å². The molecule has 0 aliphatic heterocycles. The van der Waals surface area contributed by atoms with Crippen molar-refractivity contribution in [2.24, 2.45) is 0 Å². The molecule has 1 aromatic heterocycles. The molecule has 0 bridgehead atoms. The molecule has 1 rings (SSSR count). The predicted octanol–water partition coefficient (Wildman–Crippen LogP) is 3.23. The maximum absolute atomic E-state index is 11.9. The van der Waals surface area contributed by atoms with Crippen LogP contribution in [0.25, 0.3) is 0 Å². The second-order valence-corrected chi connectivity index (χ2v) is 4.64. The Balaban J connectivity index is 2.66. The lowest BCUT2D eigenvalue weighted by Crippen LogP contribution is -2.26. The molecule has 0 aliphatic rings. The number of ether oxygens (including phenoxy) is 1. The van der Waals surface area contributed by atoms with Crippen LogP contribution in [0, 0.1) is 0 Å². The van der Waals surface area contributed by atoms with Crippen molar-refractivity contribution in [3.8, 4) is 5.88 Å². The molecule has 1 aromatic rings. The van der Waals surface area contributed by atoms with E-state index in [1.807, 2.05) is 20.8 Å². The molecule has 0 spiro atoms. The van der Waals surface area contributed by atoms with Gasteiger partial charge >= 0.3 is 6.18 Å². The number of halogens is 3. The zero-order chi connectivity index (χ0) is 13.1. The Kier molecular flexibility index (Phi) is 3.85. The number of pyridine rings is 1. The molecule has 0 fully saturated rings. The van der Waals surface area contributed by atoms with Crippen molar-refractivity contribution in [2.45, 2.75) is 32.5 Å². The van der Waals surface area contributed by atoms with Gasteiger partial charge in [0.15, 0.2) is 6.61 Å². The molecule has 0 atom stereocenters. The molecule has 0 amide bonds. The summed E-state index contributed by atoms with van der Waals surface area (Å²) in [5, 5.41) is 3.05. The lowest BCUT2D eigenvalue weighted by atomic mass is 10.1. The molecule has 0 saturated heterocycles. The average molecular weight is 248 g/mol.